The minimum Gasteiger partial charge on any atom is -0.490 e. The van der Waals surface area contributed by atoms with Gasteiger partial charge in [-0.3, -0.25) is 4.98 Å². The maximum absolute atomic E-state index is 6.07. The highest BCUT2D eigenvalue weighted by Crippen LogP contribution is 2.40. The summed E-state index contributed by atoms with van der Waals surface area (Å²) in [6.07, 6.45) is 9.93. The van der Waals surface area contributed by atoms with E-state index in [1.54, 1.807) is 18.7 Å². The van der Waals surface area contributed by atoms with Gasteiger partial charge in [-0.15, -0.1) is 10.2 Å². The van der Waals surface area contributed by atoms with Crippen molar-refractivity contribution in [3.63, 3.8) is 0 Å². The molecule has 0 radical (unpaired) electrons. The van der Waals surface area contributed by atoms with Gasteiger partial charge in [0.2, 0.25) is 5.65 Å². The predicted molar refractivity (Wildman–Crippen MR) is 92.9 cm³/mol. The van der Waals surface area contributed by atoms with Crippen LogP contribution in [0.15, 0.2) is 36.9 Å². The van der Waals surface area contributed by atoms with Crippen LogP contribution in [0.25, 0.3) is 5.65 Å². The molecular formula is C18H20N6O. The third-order valence-corrected chi connectivity index (χ3v) is 5.00. The van der Waals surface area contributed by atoms with Gasteiger partial charge >= 0.3 is 0 Å². The van der Waals surface area contributed by atoms with E-state index in [1.165, 1.54) is 12.8 Å². The van der Waals surface area contributed by atoms with Gasteiger partial charge in [0.1, 0.15) is 18.2 Å². The molecule has 0 atom stereocenters. The number of piperidine rings is 1. The second kappa shape index (κ2) is 5.98. The highest BCUT2D eigenvalue weighted by molar-refractivity contribution is 5.68. The Morgan fingerprint density at radius 1 is 1.04 bits per heavy atom. The second-order valence-corrected chi connectivity index (χ2v) is 6.82. The molecule has 0 aromatic carbocycles. The zero-order valence-electron chi connectivity index (χ0n) is 14.0. The van der Waals surface area contributed by atoms with Crippen LogP contribution in [0.5, 0.6) is 5.75 Å². The Morgan fingerprint density at radius 3 is 2.60 bits per heavy atom. The average Bonchev–Trinajstić information content (AvgIpc) is 3.40. The molecule has 1 aliphatic carbocycles. The fraction of sp³-hybridized carbons (Fsp3) is 0.444. The number of fused-ring (bicyclic) bond motifs is 1. The van der Waals surface area contributed by atoms with Crippen molar-refractivity contribution >= 4 is 11.3 Å². The lowest BCUT2D eigenvalue weighted by Crippen LogP contribution is -2.38. The fourth-order valence-corrected chi connectivity index (χ4v) is 3.46. The Kier molecular flexibility index (Phi) is 3.50. The van der Waals surface area contributed by atoms with Crippen LogP contribution in [0.3, 0.4) is 0 Å². The first-order chi connectivity index (χ1) is 12.4. The molecule has 0 N–H and O–H groups in total. The average molecular weight is 336 g/mol. The molecule has 128 valence electrons. The third-order valence-electron chi connectivity index (χ3n) is 5.00. The second-order valence-electron chi connectivity index (χ2n) is 6.82. The molecule has 2 aliphatic rings. The van der Waals surface area contributed by atoms with Gasteiger partial charge in [0.05, 0.1) is 11.4 Å². The van der Waals surface area contributed by atoms with Crippen molar-refractivity contribution in [2.75, 3.05) is 18.0 Å². The van der Waals surface area contributed by atoms with Crippen LogP contribution in [0.1, 0.15) is 37.3 Å². The lowest BCUT2D eigenvalue weighted by Gasteiger charge is -2.33. The normalized spacial score (nSPS) is 18.6. The molecular weight excluding hydrogens is 316 g/mol. The van der Waals surface area contributed by atoms with E-state index in [4.69, 9.17) is 4.74 Å². The highest BCUT2D eigenvalue weighted by Gasteiger charge is 2.29. The molecule has 3 aromatic heterocycles. The van der Waals surface area contributed by atoms with Crippen molar-refractivity contribution in [2.24, 2.45) is 0 Å². The lowest BCUT2D eigenvalue weighted by molar-refractivity contribution is 0.171. The van der Waals surface area contributed by atoms with Crippen LogP contribution in [0.4, 0.5) is 5.69 Å². The molecule has 0 spiro atoms. The number of hydrogen-bond donors (Lipinski definition) is 0. The van der Waals surface area contributed by atoms with Gasteiger partial charge in [-0.2, -0.15) is 9.61 Å². The largest absolute Gasteiger partial charge is 0.490 e. The predicted octanol–water partition coefficient (Wildman–Crippen LogP) is 2.44. The first-order valence-electron chi connectivity index (χ1n) is 8.89. The Hall–Kier alpha value is -2.70. The standard InChI is InChI=1S/C18H20N6O/c1-2-13(1)16-11-17(18-21-20-12-24(18)22-16)23-9-5-15(6-10-23)25-14-3-7-19-8-4-14/h3-4,7-8,11-13,15H,1-2,5-6,9-10H2. The molecule has 0 unspecified atom stereocenters. The van der Waals surface area contributed by atoms with Crippen LogP contribution in [-0.4, -0.2) is 44.0 Å². The van der Waals surface area contributed by atoms with Crippen LogP contribution < -0.4 is 9.64 Å². The summed E-state index contributed by atoms with van der Waals surface area (Å²) in [6, 6.07) is 6.04. The van der Waals surface area contributed by atoms with Crippen molar-refractivity contribution < 1.29 is 4.74 Å². The van der Waals surface area contributed by atoms with Gasteiger partial charge < -0.3 is 9.64 Å². The number of nitrogens with zero attached hydrogens (tertiary/aromatic N) is 6. The number of rotatable bonds is 4. The number of ether oxygens (including phenoxy) is 1. The molecule has 7 heteroatoms. The molecule has 25 heavy (non-hydrogen) atoms. The van der Waals surface area contributed by atoms with Crippen molar-refractivity contribution in [1.29, 1.82) is 0 Å². The minimum atomic E-state index is 0.247. The summed E-state index contributed by atoms with van der Waals surface area (Å²) in [5, 5.41) is 13.0. The number of pyridine rings is 1. The number of hydrogen-bond acceptors (Lipinski definition) is 6. The molecule has 0 amide bonds. The summed E-state index contributed by atoms with van der Waals surface area (Å²) in [7, 11) is 0. The quantitative estimate of drug-likeness (QED) is 0.729. The van der Waals surface area contributed by atoms with Gasteiger partial charge in [-0.25, -0.2) is 0 Å². The third kappa shape index (κ3) is 2.90. The van der Waals surface area contributed by atoms with E-state index in [0.29, 0.717) is 5.92 Å². The Balaban J connectivity index is 1.33. The Bertz CT molecular complexity index is 868. The summed E-state index contributed by atoms with van der Waals surface area (Å²) in [5.74, 6) is 1.51. The summed E-state index contributed by atoms with van der Waals surface area (Å²) in [4.78, 5) is 6.43. The molecule has 1 aliphatic heterocycles. The Morgan fingerprint density at radius 2 is 1.84 bits per heavy atom. The summed E-state index contributed by atoms with van der Waals surface area (Å²) < 4.78 is 7.89. The van der Waals surface area contributed by atoms with Gasteiger partial charge in [0.25, 0.3) is 0 Å². The van der Waals surface area contributed by atoms with Gasteiger partial charge in [0, 0.05) is 44.2 Å². The van der Waals surface area contributed by atoms with Crippen LogP contribution in [0, 0.1) is 0 Å². The molecule has 7 nitrogen and oxygen atoms in total. The van der Waals surface area contributed by atoms with Gasteiger partial charge in [-0.1, -0.05) is 0 Å². The van der Waals surface area contributed by atoms with Crippen molar-refractivity contribution in [1.82, 2.24) is 24.8 Å². The lowest BCUT2D eigenvalue weighted by atomic mass is 10.1. The fourth-order valence-electron chi connectivity index (χ4n) is 3.46. The SMILES string of the molecule is c1cc(OC2CCN(c3cc(C4CC4)nn4cnnc34)CC2)ccn1. The smallest absolute Gasteiger partial charge is 0.200 e. The first-order valence-corrected chi connectivity index (χ1v) is 8.89. The van der Waals surface area contributed by atoms with E-state index in [1.807, 2.05) is 16.6 Å². The van der Waals surface area contributed by atoms with Crippen LogP contribution in [0.2, 0.25) is 0 Å². The molecule has 1 saturated heterocycles. The maximum atomic E-state index is 6.07. The number of aromatic nitrogens is 5. The van der Waals surface area contributed by atoms with E-state index in [-0.39, 0.29) is 6.10 Å². The molecule has 3 aromatic rings. The van der Waals surface area contributed by atoms with Gasteiger partial charge in [-0.05, 0) is 31.0 Å². The van der Waals surface area contributed by atoms with Crippen molar-refractivity contribution in [2.45, 2.75) is 37.7 Å². The van der Waals surface area contributed by atoms with E-state index >= 15 is 0 Å². The first kappa shape index (κ1) is 14.6. The molecule has 0 bridgehead atoms. The summed E-state index contributed by atoms with van der Waals surface area (Å²) >= 11 is 0. The topological polar surface area (TPSA) is 68.4 Å². The van der Waals surface area contributed by atoms with Crippen LogP contribution >= 0.6 is 0 Å². The monoisotopic (exact) mass is 336 g/mol. The minimum absolute atomic E-state index is 0.247. The maximum Gasteiger partial charge on any atom is 0.200 e. The molecule has 5 rings (SSSR count). The zero-order valence-corrected chi connectivity index (χ0v) is 14.0. The Labute approximate surface area is 145 Å². The summed E-state index contributed by atoms with van der Waals surface area (Å²) in [6.45, 7) is 1.90. The van der Waals surface area contributed by atoms with E-state index in [9.17, 15) is 0 Å². The zero-order chi connectivity index (χ0) is 16.6. The summed E-state index contributed by atoms with van der Waals surface area (Å²) in [5.41, 5.74) is 3.16. The number of anilines is 1. The van der Waals surface area contributed by atoms with Crippen LogP contribution in [-0.2, 0) is 0 Å². The van der Waals surface area contributed by atoms with Crippen molar-refractivity contribution in [3.8, 4) is 5.75 Å². The molecule has 2 fully saturated rings. The van der Waals surface area contributed by atoms with E-state index in [0.717, 1.165) is 48.7 Å². The molecule has 1 saturated carbocycles. The van der Waals surface area contributed by atoms with E-state index < -0.39 is 0 Å². The molecule has 4 heterocycles. The highest BCUT2D eigenvalue weighted by atomic mass is 16.5. The van der Waals surface area contributed by atoms with Crippen molar-refractivity contribution in [3.05, 3.63) is 42.6 Å². The van der Waals surface area contributed by atoms with E-state index in [2.05, 4.69) is 31.2 Å². The van der Waals surface area contributed by atoms with Gasteiger partial charge in [0.15, 0.2) is 0 Å².